The molecule has 27 heteroatoms. The number of carbonyl (C=O) groups is 2. The van der Waals surface area contributed by atoms with E-state index in [1.54, 1.807) is 20.8 Å². The zero-order chi connectivity index (χ0) is 40.9. The van der Waals surface area contributed by atoms with Gasteiger partial charge in [-0.3, -0.25) is 23.0 Å². The quantitative estimate of drug-likeness (QED) is 0.146. The van der Waals surface area contributed by atoms with Crippen LogP contribution in [0.2, 0.25) is 0 Å². The number of fused-ring (bicyclic) bond motifs is 4. The van der Waals surface area contributed by atoms with Crippen molar-refractivity contribution in [2.45, 2.75) is 94.8 Å². The van der Waals surface area contributed by atoms with E-state index < -0.39 is 87.6 Å². The van der Waals surface area contributed by atoms with E-state index in [1.807, 2.05) is 0 Å². The van der Waals surface area contributed by atoms with Gasteiger partial charge < -0.3 is 44.1 Å². The first-order chi connectivity index (χ1) is 26.9. The summed E-state index contributed by atoms with van der Waals surface area (Å²) in [6, 6.07) is 0. The molecule has 0 radical (unpaired) electrons. The Kier molecular flexibility index (Phi) is 12.0. The Balaban J connectivity index is 1.04. The second-order valence-corrected chi connectivity index (χ2v) is 19.7. The van der Waals surface area contributed by atoms with Gasteiger partial charge in [0, 0.05) is 13.0 Å². The Hall–Kier alpha value is -3.32. The largest absolute Gasteiger partial charge is 0.444 e. The fourth-order valence-electron chi connectivity index (χ4n) is 6.40. The summed E-state index contributed by atoms with van der Waals surface area (Å²) in [4.78, 5) is 71.8. The number of aromatic nitrogens is 8. The van der Waals surface area contributed by atoms with Crippen molar-refractivity contribution < 1.29 is 60.5 Å². The molecule has 310 valence electrons. The van der Waals surface area contributed by atoms with Crippen molar-refractivity contribution in [3.63, 3.8) is 0 Å². The minimum absolute atomic E-state index is 0.0437. The second kappa shape index (κ2) is 16.4. The Bertz CT molecular complexity index is 2250. The molecule has 5 N–H and O–H groups in total. The second-order valence-electron chi connectivity index (χ2n) is 14.2. The molecule has 10 atom stereocenters. The maximum atomic E-state index is 16.4. The number of nitrogens with two attached hydrogens (primary N) is 1. The average Bonchev–Trinajstić information content (AvgIpc) is 3.89. The summed E-state index contributed by atoms with van der Waals surface area (Å²) in [6.45, 7) is -4.52. The molecule has 3 aliphatic heterocycles. The number of ketones is 1. The summed E-state index contributed by atoms with van der Waals surface area (Å²) in [5.41, 5.74) is 6.10. The molecule has 3 fully saturated rings. The molecule has 4 unspecified atom stereocenters. The topological polar surface area (TPSA) is 264 Å². The molecule has 1 amide bonds. The minimum atomic E-state index is -4.33. The zero-order valence-corrected chi connectivity index (χ0v) is 33.8. The van der Waals surface area contributed by atoms with Crippen LogP contribution in [0.5, 0.6) is 0 Å². The van der Waals surface area contributed by atoms with E-state index in [1.165, 1.54) is 28.1 Å². The van der Waals surface area contributed by atoms with Gasteiger partial charge in [-0.2, -0.15) is 0 Å². The van der Waals surface area contributed by atoms with Crippen LogP contribution in [0.4, 0.5) is 19.4 Å². The first-order valence-electron chi connectivity index (χ1n) is 17.4. The number of carbonyl (C=O) groups excluding carboxylic acids is 2. The van der Waals surface area contributed by atoms with Gasteiger partial charge in [0.2, 0.25) is 0 Å². The van der Waals surface area contributed by atoms with Crippen LogP contribution in [-0.4, -0.2) is 123 Å². The number of rotatable bonds is 8. The number of anilines is 1. The molecule has 57 heavy (non-hydrogen) atoms. The molecule has 7 rings (SSSR count). The molecule has 21 nitrogen and oxygen atoms in total. The van der Waals surface area contributed by atoms with Gasteiger partial charge >= 0.3 is 19.5 Å². The predicted octanol–water partition coefficient (Wildman–Crippen LogP) is 2.39. The summed E-state index contributed by atoms with van der Waals surface area (Å²) in [6.07, 6.45) is -8.53. The molecule has 0 spiro atoms. The third kappa shape index (κ3) is 9.29. The van der Waals surface area contributed by atoms with E-state index in [2.05, 4.69) is 35.2 Å². The van der Waals surface area contributed by atoms with Gasteiger partial charge in [-0.15, -0.1) is 0 Å². The molecule has 0 aromatic carbocycles. The number of Topliss-reactive ketones (excluding diaryl/α,β-unsaturated/α-hetero) is 1. The van der Waals surface area contributed by atoms with Crippen molar-refractivity contribution in [1.82, 2.24) is 44.4 Å². The van der Waals surface area contributed by atoms with E-state index in [9.17, 15) is 19.4 Å². The molecular formula is C30H38F2N10O11P2S2. The molecule has 4 aromatic rings. The highest BCUT2D eigenvalue weighted by Crippen LogP contribution is 2.54. The lowest BCUT2D eigenvalue weighted by atomic mass is 10.1. The van der Waals surface area contributed by atoms with Crippen LogP contribution in [0.3, 0.4) is 0 Å². The standard InChI is InChI=1S/C30H38F2N10O11P2S2/c1-30(2,3)51-29(44)34-6-4-5-14(43)7-15-20-25(37-10-35-15)41(12-39-20)27-18(31)22-16(49-27)8-47-55(46,57)53-23-17(9-48-54(45,56)52-22)50-28(19(23)32)42-13-40-21-24(33)36-11-38-26(21)42/h10-13,16-19,22-23,27-28H,4-9H2,1-3H3,(H,34,44)(H,45,56)(H,46,57)(H2,33,36,38)/t16-,17-,18-,19-,22?,23?,27-,28-,54?,55?/m1/s1. The SMILES string of the molecule is CC(C)(C)OC(=O)NCCCC(=O)Cc1ncnc2c1ncn2[C@@H]1O[C@@H]2COP(O)(=S)OC3[C@@H](F)[C@H](n4cnc5c(N)ncnc54)O[C@@H]3COP(O)(=S)OC2[C@H]1F. The van der Waals surface area contributed by atoms with Gasteiger partial charge in [0.05, 0.1) is 38.0 Å². The van der Waals surface area contributed by atoms with Gasteiger partial charge in [0.1, 0.15) is 59.5 Å². The summed E-state index contributed by atoms with van der Waals surface area (Å²) < 4.78 is 74.5. The highest BCUT2D eigenvalue weighted by molar-refractivity contribution is 8.07. The number of nitrogen functional groups attached to an aromatic ring is 1. The molecule has 3 aliphatic rings. The number of imidazole rings is 2. The summed E-state index contributed by atoms with van der Waals surface area (Å²) >= 11 is 10.4. The zero-order valence-electron chi connectivity index (χ0n) is 30.4. The lowest BCUT2D eigenvalue weighted by Crippen LogP contribution is -2.37. The molecule has 0 bridgehead atoms. The van der Waals surface area contributed by atoms with Crippen LogP contribution in [0.1, 0.15) is 51.8 Å². The first-order valence-corrected chi connectivity index (χ1v) is 22.6. The number of hydrogen-bond acceptors (Lipinski definition) is 18. The Morgan fingerprint density at radius 2 is 1.42 bits per heavy atom. The van der Waals surface area contributed by atoms with E-state index >= 15 is 8.78 Å². The maximum absolute atomic E-state index is 16.4. The van der Waals surface area contributed by atoms with Crippen LogP contribution < -0.4 is 11.1 Å². The Morgan fingerprint density at radius 3 is 1.98 bits per heavy atom. The van der Waals surface area contributed by atoms with Crippen molar-refractivity contribution in [3.05, 3.63) is 31.0 Å². The lowest BCUT2D eigenvalue weighted by Gasteiger charge is -2.29. The van der Waals surface area contributed by atoms with Crippen LogP contribution in [-0.2, 0) is 67.1 Å². The number of alkyl halides is 2. The predicted molar refractivity (Wildman–Crippen MR) is 200 cm³/mol. The van der Waals surface area contributed by atoms with Crippen molar-refractivity contribution in [3.8, 4) is 0 Å². The van der Waals surface area contributed by atoms with Gasteiger partial charge in [-0.05, 0) is 50.8 Å². The van der Waals surface area contributed by atoms with Crippen molar-refractivity contribution >= 4 is 77.1 Å². The molecule has 3 saturated heterocycles. The van der Waals surface area contributed by atoms with Crippen molar-refractivity contribution in [1.29, 1.82) is 0 Å². The van der Waals surface area contributed by atoms with Gasteiger partial charge in [-0.25, -0.2) is 43.5 Å². The number of amides is 1. The van der Waals surface area contributed by atoms with Gasteiger partial charge in [0.15, 0.2) is 41.9 Å². The number of alkyl carbamates (subject to hydrolysis) is 1. The fourth-order valence-corrected chi connectivity index (χ4v) is 9.27. The number of nitrogens with zero attached hydrogens (tertiary/aromatic N) is 8. The number of nitrogens with one attached hydrogen (secondary N) is 1. The van der Waals surface area contributed by atoms with Gasteiger partial charge in [0.25, 0.3) is 0 Å². The smallest absolute Gasteiger partial charge is 0.407 e. The minimum Gasteiger partial charge on any atom is -0.444 e. The molecular weight excluding hydrogens is 840 g/mol. The average molecular weight is 879 g/mol. The molecule has 0 saturated carbocycles. The van der Waals surface area contributed by atoms with Crippen molar-refractivity contribution in [2.24, 2.45) is 0 Å². The monoisotopic (exact) mass is 878 g/mol. The van der Waals surface area contributed by atoms with E-state index in [0.29, 0.717) is 6.42 Å². The number of ether oxygens (including phenoxy) is 3. The van der Waals surface area contributed by atoms with E-state index in [0.717, 1.165) is 6.33 Å². The van der Waals surface area contributed by atoms with E-state index in [4.69, 9.17) is 61.7 Å². The number of halogens is 2. The van der Waals surface area contributed by atoms with Crippen LogP contribution in [0.25, 0.3) is 22.3 Å². The normalized spacial score (nSPS) is 32.3. The Morgan fingerprint density at radius 1 is 0.895 bits per heavy atom. The van der Waals surface area contributed by atoms with Crippen LogP contribution >= 0.6 is 13.4 Å². The summed E-state index contributed by atoms with van der Waals surface area (Å²) in [5, 5.41) is 2.60. The Labute approximate surface area is 332 Å². The third-order valence-electron chi connectivity index (χ3n) is 8.88. The maximum Gasteiger partial charge on any atom is 0.407 e. The fraction of sp³-hybridized carbons (Fsp3) is 0.600. The molecule has 4 aromatic heterocycles. The lowest BCUT2D eigenvalue weighted by molar-refractivity contribution is -0.118. The highest BCUT2D eigenvalue weighted by Gasteiger charge is 2.53. The third-order valence-corrected chi connectivity index (χ3v) is 12.0. The number of hydrogen-bond donors (Lipinski definition) is 4. The van der Waals surface area contributed by atoms with Crippen LogP contribution in [0.15, 0.2) is 25.3 Å². The molecule has 7 heterocycles. The van der Waals surface area contributed by atoms with E-state index in [-0.39, 0.29) is 59.0 Å². The summed E-state index contributed by atoms with van der Waals surface area (Å²) in [7, 11) is 0. The molecule has 0 aliphatic carbocycles. The van der Waals surface area contributed by atoms with Gasteiger partial charge in [-0.1, -0.05) is 0 Å². The first kappa shape index (κ1) is 41.8. The van der Waals surface area contributed by atoms with Crippen LogP contribution in [0, 0.1) is 0 Å². The highest BCUT2D eigenvalue weighted by atomic mass is 32.5. The van der Waals surface area contributed by atoms with Crippen molar-refractivity contribution in [2.75, 3.05) is 25.5 Å². The summed E-state index contributed by atoms with van der Waals surface area (Å²) in [5.74, 6) is -0.156.